The molecule has 1 N–H and O–H groups in total. The fraction of sp³-hybridized carbons (Fsp3) is 0.529. The van der Waals surface area contributed by atoms with E-state index in [1.165, 1.54) is 0 Å². The Labute approximate surface area is 137 Å². The van der Waals surface area contributed by atoms with Gasteiger partial charge in [0.05, 0.1) is 19.8 Å². The molecule has 0 aliphatic heterocycles. The maximum absolute atomic E-state index is 5.69. The van der Waals surface area contributed by atoms with Gasteiger partial charge >= 0.3 is 0 Å². The summed E-state index contributed by atoms with van der Waals surface area (Å²) in [5.74, 6) is 2.67. The van der Waals surface area contributed by atoms with E-state index in [-0.39, 0.29) is 12.1 Å². The zero-order valence-corrected chi connectivity index (χ0v) is 14.4. The number of nitrogens with zero attached hydrogens (tertiary/aromatic N) is 2. The third kappa shape index (κ3) is 4.45. The van der Waals surface area contributed by atoms with E-state index in [9.17, 15) is 0 Å². The Morgan fingerprint density at radius 2 is 1.96 bits per heavy atom. The minimum atomic E-state index is -0.0341. The van der Waals surface area contributed by atoms with Gasteiger partial charge in [-0.15, -0.1) is 10.2 Å². The molecule has 1 heterocycles. The van der Waals surface area contributed by atoms with Crippen LogP contribution in [-0.2, 0) is 0 Å². The van der Waals surface area contributed by atoms with Crippen molar-refractivity contribution < 1.29 is 13.9 Å². The highest BCUT2D eigenvalue weighted by Gasteiger charge is 2.17. The van der Waals surface area contributed by atoms with Gasteiger partial charge < -0.3 is 13.9 Å². The van der Waals surface area contributed by atoms with Crippen molar-refractivity contribution in [2.45, 2.75) is 46.2 Å². The number of benzene rings is 1. The Morgan fingerprint density at radius 1 is 1.17 bits per heavy atom. The number of hydrogen-bond donors (Lipinski definition) is 1. The third-order valence-corrected chi connectivity index (χ3v) is 3.56. The van der Waals surface area contributed by atoms with E-state index in [4.69, 9.17) is 13.9 Å². The highest BCUT2D eigenvalue weighted by atomic mass is 16.5. The lowest BCUT2D eigenvalue weighted by atomic mass is 10.1. The molecule has 2 atom stereocenters. The largest absolute Gasteiger partial charge is 0.493 e. The van der Waals surface area contributed by atoms with E-state index in [2.05, 4.69) is 29.4 Å². The molecule has 0 bridgehead atoms. The molecule has 1 aromatic carbocycles. The predicted octanol–water partition coefficient (Wildman–Crippen LogP) is 3.59. The van der Waals surface area contributed by atoms with Crippen molar-refractivity contribution in [1.82, 2.24) is 15.5 Å². The van der Waals surface area contributed by atoms with Crippen molar-refractivity contribution in [1.29, 1.82) is 0 Å². The van der Waals surface area contributed by atoms with Crippen LogP contribution in [0.5, 0.6) is 11.5 Å². The number of aromatic nitrogens is 2. The first-order valence-corrected chi connectivity index (χ1v) is 7.92. The van der Waals surface area contributed by atoms with Gasteiger partial charge in [-0.2, -0.15) is 0 Å². The molecule has 0 saturated carbocycles. The van der Waals surface area contributed by atoms with Crippen LogP contribution in [-0.4, -0.2) is 23.9 Å². The summed E-state index contributed by atoms with van der Waals surface area (Å²) >= 11 is 0. The van der Waals surface area contributed by atoms with Crippen molar-refractivity contribution in [2.75, 3.05) is 13.7 Å². The summed E-state index contributed by atoms with van der Waals surface area (Å²) < 4.78 is 16.6. The van der Waals surface area contributed by atoms with Crippen molar-refractivity contribution in [2.24, 2.45) is 0 Å². The lowest BCUT2D eigenvalue weighted by Crippen LogP contribution is -2.22. The van der Waals surface area contributed by atoms with Crippen LogP contribution in [0.2, 0.25) is 0 Å². The summed E-state index contributed by atoms with van der Waals surface area (Å²) in [4.78, 5) is 0. The van der Waals surface area contributed by atoms with Gasteiger partial charge in [0.1, 0.15) is 0 Å². The number of aryl methyl sites for hydroxylation is 1. The molecule has 0 radical (unpaired) electrons. The average molecular weight is 319 g/mol. The van der Waals surface area contributed by atoms with Crippen LogP contribution in [0.1, 0.15) is 56.6 Å². The maximum atomic E-state index is 5.69. The molecule has 0 saturated heterocycles. The normalized spacial score (nSPS) is 13.6. The second-order valence-electron chi connectivity index (χ2n) is 5.53. The van der Waals surface area contributed by atoms with Gasteiger partial charge in [0.15, 0.2) is 11.5 Å². The van der Waals surface area contributed by atoms with E-state index in [1.54, 1.807) is 14.0 Å². The van der Waals surface area contributed by atoms with Gasteiger partial charge in [0, 0.05) is 13.0 Å². The Kier molecular flexibility index (Phi) is 5.98. The molecule has 0 spiro atoms. The first-order chi connectivity index (χ1) is 11.0. The molecule has 0 unspecified atom stereocenters. The fourth-order valence-corrected chi connectivity index (χ4v) is 2.31. The number of nitrogens with one attached hydrogen (secondary N) is 1. The molecular formula is C17H25N3O3. The molecule has 0 aliphatic carbocycles. The summed E-state index contributed by atoms with van der Waals surface area (Å²) in [5, 5.41) is 11.4. The summed E-state index contributed by atoms with van der Waals surface area (Å²) in [7, 11) is 1.65. The van der Waals surface area contributed by atoms with Crippen LogP contribution >= 0.6 is 0 Å². The van der Waals surface area contributed by atoms with Gasteiger partial charge in [-0.25, -0.2) is 0 Å². The van der Waals surface area contributed by atoms with Crippen molar-refractivity contribution in [3.05, 3.63) is 35.5 Å². The van der Waals surface area contributed by atoms with Gasteiger partial charge in [-0.05, 0) is 38.0 Å². The van der Waals surface area contributed by atoms with Crippen LogP contribution < -0.4 is 14.8 Å². The van der Waals surface area contributed by atoms with E-state index in [0.717, 1.165) is 23.5 Å². The first kappa shape index (κ1) is 17.3. The van der Waals surface area contributed by atoms with Gasteiger partial charge in [-0.1, -0.05) is 13.0 Å². The number of ether oxygens (including phenoxy) is 2. The maximum Gasteiger partial charge on any atom is 0.233 e. The van der Waals surface area contributed by atoms with Crippen LogP contribution in [0.25, 0.3) is 0 Å². The molecule has 126 valence electrons. The molecule has 2 aromatic rings. The Bertz CT molecular complexity index is 627. The van der Waals surface area contributed by atoms with Crippen LogP contribution in [0.4, 0.5) is 0 Å². The van der Waals surface area contributed by atoms with Crippen molar-refractivity contribution in [3.63, 3.8) is 0 Å². The zero-order chi connectivity index (χ0) is 16.8. The van der Waals surface area contributed by atoms with Crippen LogP contribution in [0.3, 0.4) is 0 Å². The molecule has 1 aromatic heterocycles. The van der Waals surface area contributed by atoms with E-state index < -0.39 is 0 Å². The molecule has 6 heteroatoms. The highest BCUT2D eigenvalue weighted by molar-refractivity contribution is 5.43. The topological polar surface area (TPSA) is 69.4 Å². The van der Waals surface area contributed by atoms with E-state index in [1.807, 2.05) is 25.1 Å². The van der Waals surface area contributed by atoms with Crippen LogP contribution in [0, 0.1) is 6.92 Å². The fourth-order valence-electron chi connectivity index (χ4n) is 2.31. The first-order valence-electron chi connectivity index (χ1n) is 7.92. The SMILES string of the molecule is CCCOc1ccc([C@@H](C)N[C@@H](C)c2nnc(C)o2)cc1OC. The summed E-state index contributed by atoms with van der Waals surface area (Å²) in [6.07, 6.45) is 0.962. The second kappa shape index (κ2) is 7.97. The highest BCUT2D eigenvalue weighted by Crippen LogP contribution is 2.31. The summed E-state index contributed by atoms with van der Waals surface area (Å²) in [6, 6.07) is 6.05. The van der Waals surface area contributed by atoms with E-state index >= 15 is 0 Å². The zero-order valence-electron chi connectivity index (χ0n) is 14.4. The number of methoxy groups -OCH3 is 1. The Morgan fingerprint density at radius 3 is 2.57 bits per heavy atom. The monoisotopic (exact) mass is 319 g/mol. The third-order valence-electron chi connectivity index (χ3n) is 3.56. The average Bonchev–Trinajstić information content (AvgIpc) is 2.99. The lowest BCUT2D eigenvalue weighted by molar-refractivity contribution is 0.293. The number of hydrogen-bond acceptors (Lipinski definition) is 6. The van der Waals surface area contributed by atoms with Gasteiger partial charge in [0.2, 0.25) is 11.8 Å². The molecule has 6 nitrogen and oxygen atoms in total. The smallest absolute Gasteiger partial charge is 0.233 e. The summed E-state index contributed by atoms with van der Waals surface area (Å²) in [6.45, 7) is 8.62. The van der Waals surface area contributed by atoms with Gasteiger partial charge in [0.25, 0.3) is 0 Å². The second-order valence-corrected chi connectivity index (χ2v) is 5.53. The number of rotatable bonds is 8. The molecule has 0 amide bonds. The van der Waals surface area contributed by atoms with Crippen molar-refractivity contribution in [3.8, 4) is 11.5 Å². The lowest BCUT2D eigenvalue weighted by Gasteiger charge is -2.19. The summed E-state index contributed by atoms with van der Waals surface area (Å²) in [5.41, 5.74) is 1.11. The molecule has 0 aliphatic rings. The Hall–Kier alpha value is -2.08. The molecular weight excluding hydrogens is 294 g/mol. The minimum absolute atomic E-state index is 0.0341. The standard InChI is InChI=1S/C17H25N3O3/c1-6-9-22-15-8-7-14(10-16(15)21-5)11(2)18-12(3)17-20-19-13(4)23-17/h7-8,10-12,18H,6,9H2,1-5H3/t11-,12+/m1/s1. The molecule has 0 fully saturated rings. The van der Waals surface area contributed by atoms with Crippen molar-refractivity contribution >= 4 is 0 Å². The molecule has 23 heavy (non-hydrogen) atoms. The molecule has 2 rings (SSSR count). The van der Waals surface area contributed by atoms with Gasteiger partial charge in [-0.3, -0.25) is 5.32 Å². The Balaban J connectivity index is 2.07. The van der Waals surface area contributed by atoms with Crippen LogP contribution in [0.15, 0.2) is 22.6 Å². The predicted molar refractivity (Wildman–Crippen MR) is 87.8 cm³/mol. The minimum Gasteiger partial charge on any atom is -0.493 e. The van der Waals surface area contributed by atoms with E-state index in [0.29, 0.717) is 18.4 Å². The quantitative estimate of drug-likeness (QED) is 0.802.